The van der Waals surface area contributed by atoms with Crippen LogP contribution in [0.1, 0.15) is 155 Å². The molecule has 1 unspecified atom stereocenters. The van der Waals surface area contributed by atoms with E-state index in [4.69, 9.17) is 18.5 Å². The lowest BCUT2D eigenvalue weighted by molar-refractivity contribution is -0.870. The summed E-state index contributed by atoms with van der Waals surface area (Å²) in [7, 11) is 1.41. The third-order valence-electron chi connectivity index (χ3n) is 8.94. The largest absolute Gasteiger partial charge is 0.472 e. The predicted molar refractivity (Wildman–Crippen MR) is 242 cm³/mol. The first-order valence-corrected chi connectivity index (χ1v) is 23.8. The van der Waals surface area contributed by atoms with E-state index in [1.54, 1.807) is 0 Å². The molecule has 0 fully saturated rings. The number of phosphoric acid groups is 1. The van der Waals surface area contributed by atoms with E-state index >= 15 is 0 Å². The van der Waals surface area contributed by atoms with Crippen LogP contribution in [0.2, 0.25) is 0 Å². The normalized spacial score (nSPS) is 14.4. The highest BCUT2D eigenvalue weighted by Crippen LogP contribution is 2.43. The zero-order valence-corrected chi connectivity index (χ0v) is 38.1. The second-order valence-corrected chi connectivity index (χ2v) is 17.2. The van der Waals surface area contributed by atoms with Gasteiger partial charge in [0.1, 0.15) is 19.8 Å². The molecule has 0 aromatic rings. The number of likely N-dealkylation sites (N-methyl/N-ethyl adjacent to an activating group) is 1. The van der Waals surface area contributed by atoms with Crippen molar-refractivity contribution in [3.05, 3.63) is 85.1 Å². The Kier molecular flexibility index (Phi) is 37.7. The molecular formula is C48H83NO8P+. The van der Waals surface area contributed by atoms with Gasteiger partial charge >= 0.3 is 19.8 Å². The Morgan fingerprint density at radius 2 is 1.02 bits per heavy atom. The third-order valence-corrected chi connectivity index (χ3v) is 9.92. The minimum absolute atomic E-state index is 0.0113. The molecular weight excluding hydrogens is 750 g/mol. The average Bonchev–Trinajstić information content (AvgIpc) is 3.17. The fourth-order valence-electron chi connectivity index (χ4n) is 5.40. The monoisotopic (exact) mass is 833 g/mol. The average molecular weight is 833 g/mol. The van der Waals surface area contributed by atoms with Crippen molar-refractivity contribution in [3.8, 4) is 0 Å². The molecule has 0 aliphatic heterocycles. The smallest absolute Gasteiger partial charge is 0.462 e. The summed E-state index contributed by atoms with van der Waals surface area (Å²) in [6, 6.07) is 0. The van der Waals surface area contributed by atoms with Crippen molar-refractivity contribution in [3.63, 3.8) is 0 Å². The number of quaternary nitrogens is 1. The Morgan fingerprint density at radius 3 is 1.59 bits per heavy atom. The van der Waals surface area contributed by atoms with Crippen molar-refractivity contribution in [2.24, 2.45) is 0 Å². The molecule has 0 aromatic heterocycles. The summed E-state index contributed by atoms with van der Waals surface area (Å²) >= 11 is 0. The number of carbonyl (C=O) groups is 2. The van der Waals surface area contributed by atoms with Gasteiger partial charge in [0.25, 0.3) is 0 Å². The maximum atomic E-state index is 12.7. The second-order valence-electron chi connectivity index (χ2n) is 15.8. The topological polar surface area (TPSA) is 108 Å². The summed E-state index contributed by atoms with van der Waals surface area (Å²) in [5, 5.41) is 0. The first kappa shape index (κ1) is 55.2. The number of unbranched alkanes of at least 4 members (excludes halogenated alkanes) is 12. The van der Waals surface area contributed by atoms with E-state index in [-0.39, 0.29) is 26.1 Å². The number of rotatable bonds is 39. The Balaban J connectivity index is 4.53. The lowest BCUT2D eigenvalue weighted by atomic mass is 10.1. The van der Waals surface area contributed by atoms with Gasteiger partial charge in [-0.2, -0.15) is 0 Å². The number of hydrogen-bond donors (Lipinski definition) is 1. The third kappa shape index (κ3) is 42.8. The van der Waals surface area contributed by atoms with Gasteiger partial charge in [0.2, 0.25) is 0 Å². The van der Waals surface area contributed by atoms with Crippen LogP contribution in [0.5, 0.6) is 0 Å². The molecule has 9 nitrogen and oxygen atoms in total. The number of phosphoric ester groups is 1. The van der Waals surface area contributed by atoms with Gasteiger partial charge in [0.05, 0.1) is 27.7 Å². The van der Waals surface area contributed by atoms with Crippen molar-refractivity contribution < 1.29 is 42.1 Å². The molecule has 0 radical (unpaired) electrons. The van der Waals surface area contributed by atoms with Crippen LogP contribution >= 0.6 is 7.82 Å². The van der Waals surface area contributed by atoms with Gasteiger partial charge in [-0.15, -0.1) is 0 Å². The molecule has 0 saturated heterocycles. The highest BCUT2D eigenvalue weighted by Gasteiger charge is 2.27. The van der Waals surface area contributed by atoms with Crippen LogP contribution < -0.4 is 0 Å². The fraction of sp³-hybridized carbons (Fsp3) is 0.667. The molecule has 0 saturated carbocycles. The van der Waals surface area contributed by atoms with Crippen molar-refractivity contribution in [2.75, 3.05) is 47.5 Å². The molecule has 58 heavy (non-hydrogen) atoms. The van der Waals surface area contributed by atoms with Crippen LogP contribution in [-0.2, 0) is 32.7 Å². The molecule has 0 bridgehead atoms. The van der Waals surface area contributed by atoms with E-state index < -0.39 is 32.5 Å². The van der Waals surface area contributed by atoms with Crippen LogP contribution in [0.3, 0.4) is 0 Å². The highest BCUT2D eigenvalue weighted by molar-refractivity contribution is 7.47. The molecule has 0 amide bonds. The fourth-order valence-corrected chi connectivity index (χ4v) is 6.14. The summed E-state index contributed by atoms with van der Waals surface area (Å²) in [5.41, 5.74) is 0. The van der Waals surface area contributed by atoms with Crippen molar-refractivity contribution in [1.29, 1.82) is 0 Å². The summed E-state index contributed by atoms with van der Waals surface area (Å²) < 4.78 is 34.2. The van der Waals surface area contributed by atoms with Crippen LogP contribution in [0.15, 0.2) is 85.1 Å². The van der Waals surface area contributed by atoms with Gasteiger partial charge in [0, 0.05) is 12.8 Å². The lowest BCUT2D eigenvalue weighted by Crippen LogP contribution is -2.37. The zero-order valence-electron chi connectivity index (χ0n) is 37.2. The van der Waals surface area contributed by atoms with E-state index in [9.17, 15) is 19.0 Å². The maximum absolute atomic E-state index is 12.7. The van der Waals surface area contributed by atoms with Gasteiger partial charge in [-0.3, -0.25) is 18.6 Å². The molecule has 0 heterocycles. The van der Waals surface area contributed by atoms with Crippen molar-refractivity contribution >= 4 is 19.8 Å². The van der Waals surface area contributed by atoms with Crippen LogP contribution in [-0.4, -0.2) is 74.9 Å². The second kappa shape index (κ2) is 39.6. The maximum Gasteiger partial charge on any atom is 0.472 e. The summed E-state index contributed by atoms with van der Waals surface area (Å²) in [4.78, 5) is 35.3. The standard InChI is InChI=1S/C48H82NO8P/c1-6-8-10-12-14-16-18-20-22-23-24-25-27-29-31-33-35-37-39-41-48(51)57-46(45-56-58(52,53)55-43-42-49(3,4)5)44-54-47(50)40-38-36-34-32-30-28-26-21-19-17-15-13-11-9-7-2/h14,16-17,19-22,24-26,29,31,35,37,46H,6-13,15,18,23,27-28,30,32-34,36,38-45H2,1-5H3/p+1/b16-14+,19-17+,22-20+,25-24+,26-21+,31-29+,37-35+/t46-/m1/s1. The summed E-state index contributed by atoms with van der Waals surface area (Å²) in [6.45, 7) is 4.25. The number of esters is 2. The van der Waals surface area contributed by atoms with Gasteiger partial charge in [0.15, 0.2) is 6.10 Å². The van der Waals surface area contributed by atoms with Crippen LogP contribution in [0.4, 0.5) is 0 Å². The SMILES string of the molecule is CCCCC/C=C/C/C=C/C/C=C/C/C=C/C/C=C/CCC(=O)O[C@H](COC(=O)CCCCCCC/C=C/C=C/CCCCCC)COP(=O)(O)OCC[N+](C)(C)C. The van der Waals surface area contributed by atoms with Gasteiger partial charge in [-0.1, -0.05) is 150 Å². The Labute approximate surface area is 354 Å². The van der Waals surface area contributed by atoms with Crippen LogP contribution in [0.25, 0.3) is 0 Å². The first-order chi connectivity index (χ1) is 28.0. The number of hydrogen-bond acceptors (Lipinski definition) is 7. The van der Waals surface area contributed by atoms with Gasteiger partial charge < -0.3 is 18.9 Å². The molecule has 0 aliphatic carbocycles. The Morgan fingerprint density at radius 1 is 0.552 bits per heavy atom. The number of ether oxygens (including phenoxy) is 2. The molecule has 332 valence electrons. The number of carbonyl (C=O) groups excluding carboxylic acids is 2. The molecule has 0 spiro atoms. The number of allylic oxidation sites excluding steroid dienone is 14. The van der Waals surface area contributed by atoms with Gasteiger partial charge in [-0.05, 0) is 77.0 Å². The van der Waals surface area contributed by atoms with E-state index in [0.29, 0.717) is 23.9 Å². The molecule has 1 N–H and O–H groups in total. The van der Waals surface area contributed by atoms with E-state index in [1.807, 2.05) is 33.3 Å². The van der Waals surface area contributed by atoms with E-state index in [1.165, 1.54) is 51.4 Å². The Bertz CT molecular complexity index is 1260. The first-order valence-electron chi connectivity index (χ1n) is 22.3. The lowest BCUT2D eigenvalue weighted by Gasteiger charge is -2.24. The number of nitrogens with zero attached hydrogens (tertiary/aromatic N) is 1. The molecule has 0 aromatic carbocycles. The van der Waals surface area contributed by atoms with Crippen molar-refractivity contribution in [2.45, 2.75) is 161 Å². The van der Waals surface area contributed by atoms with Crippen LogP contribution in [0, 0.1) is 0 Å². The predicted octanol–water partition coefficient (Wildman–Crippen LogP) is 12.8. The summed E-state index contributed by atoms with van der Waals surface area (Å²) in [6.07, 6.45) is 50.7. The minimum Gasteiger partial charge on any atom is -0.462 e. The van der Waals surface area contributed by atoms with E-state index in [0.717, 1.165) is 64.2 Å². The Hall–Kier alpha value is -2.81. The summed E-state index contributed by atoms with van der Waals surface area (Å²) in [5.74, 6) is -0.921. The highest BCUT2D eigenvalue weighted by atomic mass is 31.2. The molecule has 0 rings (SSSR count). The molecule has 10 heteroatoms. The molecule has 0 aliphatic rings. The van der Waals surface area contributed by atoms with E-state index in [2.05, 4.69) is 86.8 Å². The zero-order chi connectivity index (χ0) is 42.8. The quantitative estimate of drug-likeness (QED) is 0.0163. The minimum atomic E-state index is -4.40. The van der Waals surface area contributed by atoms with Gasteiger partial charge in [-0.25, -0.2) is 4.57 Å². The molecule has 2 atom stereocenters. The van der Waals surface area contributed by atoms with Crippen molar-refractivity contribution in [1.82, 2.24) is 0 Å².